The van der Waals surface area contributed by atoms with Crippen molar-refractivity contribution in [2.75, 3.05) is 5.75 Å². The molecule has 1 aliphatic carbocycles. The van der Waals surface area contributed by atoms with Gasteiger partial charge < -0.3 is 5.11 Å². The Morgan fingerprint density at radius 3 is 2.61 bits per heavy atom. The maximum atomic E-state index is 11.9. The lowest BCUT2D eigenvalue weighted by molar-refractivity contribution is -0.137. The Bertz CT molecular complexity index is 389. The fourth-order valence-electron chi connectivity index (χ4n) is 2.40. The van der Waals surface area contributed by atoms with Crippen molar-refractivity contribution in [3.8, 4) is 0 Å². The number of hydrogen-bond donors (Lipinski definition) is 2. The van der Waals surface area contributed by atoms with Gasteiger partial charge in [0.2, 0.25) is 10.0 Å². The van der Waals surface area contributed by atoms with Crippen LogP contribution in [0.25, 0.3) is 0 Å². The van der Waals surface area contributed by atoms with Crippen LogP contribution in [0.4, 0.5) is 0 Å². The fourth-order valence-corrected chi connectivity index (χ4v) is 3.91. The molecule has 0 aromatic carbocycles. The molecule has 1 atom stereocenters. The molecule has 1 fully saturated rings. The summed E-state index contributed by atoms with van der Waals surface area (Å²) in [4.78, 5) is 10.4. The van der Waals surface area contributed by atoms with Gasteiger partial charge in [-0.05, 0) is 24.7 Å². The normalized spacial score (nSPS) is 23.8. The largest absolute Gasteiger partial charge is 0.481 e. The van der Waals surface area contributed by atoms with Crippen molar-refractivity contribution in [2.24, 2.45) is 5.41 Å². The summed E-state index contributed by atoms with van der Waals surface area (Å²) >= 11 is 0. The maximum absolute atomic E-state index is 11.9. The summed E-state index contributed by atoms with van der Waals surface area (Å²) in [6, 6.07) is -0.0268. The Kier molecular flexibility index (Phi) is 5.16. The highest BCUT2D eigenvalue weighted by Crippen LogP contribution is 2.35. The van der Waals surface area contributed by atoms with Crippen LogP contribution in [0.15, 0.2) is 0 Å². The van der Waals surface area contributed by atoms with Gasteiger partial charge in [0.05, 0.1) is 5.75 Å². The summed E-state index contributed by atoms with van der Waals surface area (Å²) in [7, 11) is -3.36. The number of hydrogen-bond acceptors (Lipinski definition) is 3. The first-order valence-electron chi connectivity index (χ1n) is 6.45. The molecular weight excluding hydrogens is 254 g/mol. The van der Waals surface area contributed by atoms with Gasteiger partial charge in [0.25, 0.3) is 0 Å². The highest BCUT2D eigenvalue weighted by molar-refractivity contribution is 7.89. The zero-order chi connectivity index (χ0) is 13.8. The topological polar surface area (TPSA) is 83.5 Å². The smallest absolute Gasteiger partial charge is 0.303 e. The van der Waals surface area contributed by atoms with E-state index >= 15 is 0 Å². The molecule has 0 spiro atoms. The third-order valence-electron chi connectivity index (χ3n) is 3.63. The van der Waals surface area contributed by atoms with Crippen molar-refractivity contribution >= 4 is 16.0 Å². The van der Waals surface area contributed by atoms with Gasteiger partial charge in [-0.2, -0.15) is 0 Å². The number of carbonyl (C=O) groups is 1. The zero-order valence-corrected chi connectivity index (χ0v) is 11.9. The van der Waals surface area contributed by atoms with Gasteiger partial charge in [0.1, 0.15) is 0 Å². The molecule has 0 bridgehead atoms. The van der Waals surface area contributed by atoms with Gasteiger partial charge in [-0.25, -0.2) is 13.1 Å². The SMILES string of the molecule is CC1(C)CCCCC1NS(=O)(=O)CCCC(=O)O. The Morgan fingerprint density at radius 1 is 1.39 bits per heavy atom. The van der Waals surface area contributed by atoms with Gasteiger partial charge in [-0.15, -0.1) is 0 Å². The lowest BCUT2D eigenvalue weighted by atomic mass is 9.74. The first-order chi connectivity index (χ1) is 8.23. The zero-order valence-electron chi connectivity index (χ0n) is 11.1. The molecule has 0 saturated heterocycles. The highest BCUT2D eigenvalue weighted by atomic mass is 32.2. The van der Waals surface area contributed by atoms with E-state index in [0.29, 0.717) is 0 Å². The standard InChI is InChI=1S/C12H23NO4S/c1-12(2)8-4-3-6-10(12)13-18(16,17)9-5-7-11(14)15/h10,13H,3-9H2,1-2H3,(H,14,15). The summed E-state index contributed by atoms with van der Waals surface area (Å²) in [6.45, 7) is 4.16. The van der Waals surface area contributed by atoms with Gasteiger partial charge in [0, 0.05) is 12.5 Å². The van der Waals surface area contributed by atoms with Crippen LogP contribution >= 0.6 is 0 Å². The molecule has 106 valence electrons. The molecule has 6 heteroatoms. The minimum absolute atomic E-state index is 0.0158. The van der Waals surface area contributed by atoms with E-state index in [9.17, 15) is 13.2 Å². The lowest BCUT2D eigenvalue weighted by Crippen LogP contribution is -2.47. The van der Waals surface area contributed by atoms with E-state index in [0.717, 1.165) is 25.7 Å². The van der Waals surface area contributed by atoms with E-state index in [1.165, 1.54) is 0 Å². The summed E-state index contributed by atoms with van der Waals surface area (Å²) in [5.74, 6) is -1.06. The molecule has 5 nitrogen and oxygen atoms in total. The molecule has 0 aromatic rings. The van der Waals surface area contributed by atoms with E-state index in [1.54, 1.807) is 0 Å². The average molecular weight is 277 g/mol. The van der Waals surface area contributed by atoms with Crippen molar-refractivity contribution < 1.29 is 18.3 Å². The van der Waals surface area contributed by atoms with Gasteiger partial charge in [-0.1, -0.05) is 26.7 Å². The average Bonchev–Trinajstić information content (AvgIpc) is 2.20. The molecule has 1 rings (SSSR count). The third-order valence-corrected chi connectivity index (χ3v) is 5.10. The first-order valence-corrected chi connectivity index (χ1v) is 8.10. The van der Waals surface area contributed by atoms with Crippen LogP contribution in [0.3, 0.4) is 0 Å². The Labute approximate surface area is 109 Å². The second kappa shape index (κ2) is 6.02. The minimum Gasteiger partial charge on any atom is -0.481 e. The fraction of sp³-hybridized carbons (Fsp3) is 0.917. The number of rotatable bonds is 6. The van der Waals surface area contributed by atoms with Crippen molar-refractivity contribution in [3.63, 3.8) is 0 Å². The number of carboxylic acid groups (broad SMARTS) is 1. The van der Waals surface area contributed by atoms with E-state index in [1.807, 2.05) is 0 Å². The van der Waals surface area contributed by atoms with E-state index in [2.05, 4.69) is 18.6 Å². The second-order valence-corrected chi connectivity index (χ2v) is 7.59. The van der Waals surface area contributed by atoms with Crippen LogP contribution in [-0.4, -0.2) is 31.3 Å². The predicted molar refractivity (Wildman–Crippen MR) is 69.8 cm³/mol. The predicted octanol–water partition coefficient (Wildman–Crippen LogP) is 1.74. The summed E-state index contributed by atoms with van der Waals surface area (Å²) in [5, 5.41) is 8.50. The van der Waals surface area contributed by atoms with Crippen molar-refractivity contribution in [1.82, 2.24) is 4.72 Å². The highest BCUT2D eigenvalue weighted by Gasteiger charge is 2.34. The van der Waals surface area contributed by atoms with Gasteiger partial charge in [-0.3, -0.25) is 4.79 Å². The van der Waals surface area contributed by atoms with Crippen LogP contribution in [0, 0.1) is 5.41 Å². The Balaban J connectivity index is 2.51. The van der Waals surface area contributed by atoms with Gasteiger partial charge in [0.15, 0.2) is 0 Å². The molecule has 2 N–H and O–H groups in total. The molecule has 1 unspecified atom stereocenters. The van der Waals surface area contributed by atoms with Crippen LogP contribution in [0.5, 0.6) is 0 Å². The van der Waals surface area contributed by atoms with Crippen molar-refractivity contribution in [1.29, 1.82) is 0 Å². The molecule has 0 amide bonds. The molecule has 0 aliphatic heterocycles. The van der Waals surface area contributed by atoms with E-state index in [4.69, 9.17) is 5.11 Å². The van der Waals surface area contributed by atoms with Crippen LogP contribution < -0.4 is 4.72 Å². The van der Waals surface area contributed by atoms with E-state index < -0.39 is 16.0 Å². The van der Waals surface area contributed by atoms with Crippen molar-refractivity contribution in [3.05, 3.63) is 0 Å². The number of carboxylic acids is 1. The molecule has 18 heavy (non-hydrogen) atoms. The molecule has 0 aromatic heterocycles. The lowest BCUT2D eigenvalue weighted by Gasteiger charge is -2.38. The molecule has 1 saturated carbocycles. The second-order valence-electron chi connectivity index (χ2n) is 5.72. The number of nitrogens with one attached hydrogen (secondary N) is 1. The summed E-state index contributed by atoms with van der Waals surface area (Å²) in [6.07, 6.45) is 4.14. The van der Waals surface area contributed by atoms with Gasteiger partial charge >= 0.3 is 5.97 Å². The quantitative estimate of drug-likeness (QED) is 0.774. The number of sulfonamides is 1. The van der Waals surface area contributed by atoms with Crippen LogP contribution in [-0.2, 0) is 14.8 Å². The molecule has 0 heterocycles. The minimum atomic E-state index is -3.36. The van der Waals surface area contributed by atoms with E-state index in [-0.39, 0.29) is 30.1 Å². The molecular formula is C12H23NO4S. The third kappa shape index (κ3) is 4.94. The van der Waals surface area contributed by atoms with Crippen LogP contribution in [0.2, 0.25) is 0 Å². The summed E-state index contributed by atoms with van der Waals surface area (Å²) in [5.41, 5.74) is -0.0158. The Morgan fingerprint density at radius 2 is 2.06 bits per heavy atom. The summed E-state index contributed by atoms with van der Waals surface area (Å²) < 4.78 is 26.5. The Hall–Kier alpha value is -0.620. The molecule has 1 aliphatic rings. The monoisotopic (exact) mass is 277 g/mol. The maximum Gasteiger partial charge on any atom is 0.303 e. The van der Waals surface area contributed by atoms with Crippen molar-refractivity contribution in [2.45, 2.75) is 58.4 Å². The first kappa shape index (κ1) is 15.4. The molecule has 0 radical (unpaired) electrons. The van der Waals surface area contributed by atoms with Crippen LogP contribution in [0.1, 0.15) is 52.4 Å². The number of aliphatic carboxylic acids is 1.